The highest BCUT2D eigenvalue weighted by molar-refractivity contribution is 7.89. The van der Waals surface area contributed by atoms with Crippen LogP contribution in [0, 0.1) is 5.92 Å². The molecule has 1 atom stereocenters. The SMILES string of the molecule is COC(=O)c1ccc(S(=O)(=O)N(CC2CCC2)C(C)CO)c(Cl)c1. The van der Waals surface area contributed by atoms with Crippen molar-refractivity contribution in [3.05, 3.63) is 28.8 Å². The minimum atomic E-state index is -3.87. The van der Waals surface area contributed by atoms with E-state index in [2.05, 4.69) is 4.74 Å². The second-order valence-electron chi connectivity index (χ2n) is 6.04. The molecule has 8 heteroatoms. The number of aliphatic hydroxyl groups is 1. The molecule has 0 aliphatic heterocycles. The number of rotatable bonds is 7. The summed E-state index contributed by atoms with van der Waals surface area (Å²) < 4.78 is 31.9. The normalized spacial score (nSPS) is 16.7. The van der Waals surface area contributed by atoms with Crippen LogP contribution in [0.25, 0.3) is 0 Å². The number of hydrogen-bond acceptors (Lipinski definition) is 5. The van der Waals surface area contributed by atoms with Crippen molar-refractivity contribution in [1.29, 1.82) is 0 Å². The molecule has 1 aliphatic carbocycles. The first-order chi connectivity index (χ1) is 11.3. The number of halogens is 1. The molecule has 24 heavy (non-hydrogen) atoms. The molecule has 1 saturated carbocycles. The van der Waals surface area contributed by atoms with Gasteiger partial charge in [-0.3, -0.25) is 0 Å². The van der Waals surface area contributed by atoms with Crippen LogP contribution in [0.4, 0.5) is 0 Å². The third-order valence-electron chi connectivity index (χ3n) is 4.36. The lowest BCUT2D eigenvalue weighted by atomic mass is 9.85. The Kier molecular flexibility index (Phi) is 6.25. The second-order valence-corrected chi connectivity index (χ2v) is 8.31. The largest absolute Gasteiger partial charge is 0.465 e. The Bertz CT molecular complexity index is 702. The summed E-state index contributed by atoms with van der Waals surface area (Å²) in [6.07, 6.45) is 3.07. The standard InChI is InChI=1S/C16H22ClNO5S/c1-11(10-19)18(9-12-4-3-5-12)24(21,22)15-7-6-13(8-14(15)17)16(20)23-2/h6-8,11-12,19H,3-5,9-10H2,1-2H3. The molecule has 6 nitrogen and oxygen atoms in total. The van der Waals surface area contributed by atoms with Crippen molar-refractivity contribution < 1.29 is 23.1 Å². The number of esters is 1. The van der Waals surface area contributed by atoms with Crippen molar-refractivity contribution in [3.8, 4) is 0 Å². The van der Waals surface area contributed by atoms with E-state index in [1.165, 1.54) is 29.6 Å². The second kappa shape index (κ2) is 7.82. The highest BCUT2D eigenvalue weighted by Gasteiger charge is 2.34. The van der Waals surface area contributed by atoms with Gasteiger partial charge in [0.1, 0.15) is 4.90 Å². The van der Waals surface area contributed by atoms with Gasteiger partial charge in [-0.1, -0.05) is 18.0 Å². The summed E-state index contributed by atoms with van der Waals surface area (Å²) in [7, 11) is -2.63. The van der Waals surface area contributed by atoms with Crippen LogP contribution in [-0.2, 0) is 14.8 Å². The number of benzene rings is 1. The molecule has 1 N–H and O–H groups in total. The van der Waals surface area contributed by atoms with Gasteiger partial charge in [0.05, 0.1) is 24.3 Å². The molecular weight excluding hydrogens is 354 g/mol. The fourth-order valence-corrected chi connectivity index (χ4v) is 4.84. The van der Waals surface area contributed by atoms with Gasteiger partial charge in [-0.05, 0) is 43.9 Å². The monoisotopic (exact) mass is 375 g/mol. The van der Waals surface area contributed by atoms with Gasteiger partial charge in [-0.2, -0.15) is 4.31 Å². The van der Waals surface area contributed by atoms with Crippen LogP contribution >= 0.6 is 11.6 Å². The first-order valence-corrected chi connectivity index (χ1v) is 9.63. The van der Waals surface area contributed by atoms with Gasteiger partial charge in [-0.15, -0.1) is 0 Å². The zero-order valence-electron chi connectivity index (χ0n) is 13.7. The van der Waals surface area contributed by atoms with Gasteiger partial charge < -0.3 is 9.84 Å². The number of hydrogen-bond donors (Lipinski definition) is 1. The number of methoxy groups -OCH3 is 1. The van der Waals surface area contributed by atoms with E-state index in [0.717, 1.165) is 19.3 Å². The highest BCUT2D eigenvalue weighted by atomic mass is 35.5. The van der Waals surface area contributed by atoms with E-state index in [-0.39, 0.29) is 22.1 Å². The first kappa shape index (κ1) is 19.2. The Morgan fingerprint density at radius 3 is 2.58 bits per heavy atom. The summed E-state index contributed by atoms with van der Waals surface area (Å²) in [5.41, 5.74) is 0.183. The van der Waals surface area contributed by atoms with Crippen molar-refractivity contribution in [2.24, 2.45) is 5.92 Å². The zero-order chi connectivity index (χ0) is 17.9. The molecule has 1 fully saturated rings. The van der Waals surface area contributed by atoms with Crippen LogP contribution in [0.3, 0.4) is 0 Å². The van der Waals surface area contributed by atoms with Crippen molar-refractivity contribution in [2.75, 3.05) is 20.3 Å². The third-order valence-corrected chi connectivity index (χ3v) is 6.82. The summed E-state index contributed by atoms with van der Waals surface area (Å²) in [4.78, 5) is 11.5. The summed E-state index contributed by atoms with van der Waals surface area (Å²) in [6.45, 7) is 1.75. The molecular formula is C16H22ClNO5S. The molecule has 0 amide bonds. The molecule has 0 spiro atoms. The minimum absolute atomic E-state index is 0.0401. The summed E-state index contributed by atoms with van der Waals surface area (Å²) in [6, 6.07) is 3.41. The van der Waals surface area contributed by atoms with E-state index >= 15 is 0 Å². The summed E-state index contributed by atoms with van der Waals surface area (Å²) >= 11 is 6.12. The van der Waals surface area contributed by atoms with E-state index in [0.29, 0.717) is 12.5 Å². The first-order valence-electron chi connectivity index (χ1n) is 7.81. The van der Waals surface area contributed by atoms with Gasteiger partial charge in [-0.25, -0.2) is 13.2 Å². The molecule has 0 saturated heterocycles. The number of sulfonamides is 1. The van der Waals surface area contributed by atoms with E-state index < -0.39 is 22.0 Å². The third kappa shape index (κ3) is 3.91. The van der Waals surface area contributed by atoms with Crippen LogP contribution in [0.2, 0.25) is 5.02 Å². The minimum Gasteiger partial charge on any atom is -0.465 e. The number of aliphatic hydroxyl groups excluding tert-OH is 1. The Hall–Kier alpha value is -1.15. The Morgan fingerprint density at radius 1 is 1.46 bits per heavy atom. The zero-order valence-corrected chi connectivity index (χ0v) is 15.3. The molecule has 0 bridgehead atoms. The lowest BCUT2D eigenvalue weighted by Gasteiger charge is -2.34. The molecule has 0 heterocycles. The number of ether oxygens (including phenoxy) is 1. The molecule has 0 radical (unpaired) electrons. The van der Waals surface area contributed by atoms with Gasteiger partial charge in [0.25, 0.3) is 0 Å². The van der Waals surface area contributed by atoms with Crippen molar-refractivity contribution in [2.45, 2.75) is 37.1 Å². The molecule has 1 unspecified atom stereocenters. The van der Waals surface area contributed by atoms with E-state index in [1.807, 2.05) is 0 Å². The molecule has 1 aromatic rings. The van der Waals surface area contributed by atoms with Crippen molar-refractivity contribution in [3.63, 3.8) is 0 Å². The average Bonchev–Trinajstić information content (AvgIpc) is 2.51. The van der Waals surface area contributed by atoms with Gasteiger partial charge >= 0.3 is 5.97 Å². The molecule has 1 aromatic carbocycles. The van der Waals surface area contributed by atoms with Gasteiger partial charge in [0.2, 0.25) is 10.0 Å². The maximum absolute atomic E-state index is 13.0. The number of nitrogens with zero attached hydrogens (tertiary/aromatic N) is 1. The molecule has 134 valence electrons. The van der Waals surface area contributed by atoms with Crippen LogP contribution < -0.4 is 0 Å². The lowest BCUT2D eigenvalue weighted by Crippen LogP contribution is -2.44. The maximum atomic E-state index is 13.0. The average molecular weight is 376 g/mol. The van der Waals surface area contributed by atoms with E-state index in [9.17, 15) is 18.3 Å². The topological polar surface area (TPSA) is 83.9 Å². The van der Waals surface area contributed by atoms with Crippen LogP contribution in [0.1, 0.15) is 36.5 Å². The lowest BCUT2D eigenvalue weighted by molar-refractivity contribution is 0.0600. The van der Waals surface area contributed by atoms with E-state index in [1.54, 1.807) is 6.92 Å². The predicted molar refractivity (Wildman–Crippen MR) is 90.6 cm³/mol. The fraction of sp³-hybridized carbons (Fsp3) is 0.562. The van der Waals surface area contributed by atoms with E-state index in [4.69, 9.17) is 11.6 Å². The van der Waals surface area contributed by atoms with Crippen molar-refractivity contribution in [1.82, 2.24) is 4.31 Å². The maximum Gasteiger partial charge on any atom is 0.337 e. The number of carbonyl (C=O) groups excluding carboxylic acids is 1. The van der Waals surface area contributed by atoms with Crippen LogP contribution in [0.5, 0.6) is 0 Å². The van der Waals surface area contributed by atoms with Crippen LogP contribution in [0.15, 0.2) is 23.1 Å². The van der Waals surface area contributed by atoms with Gasteiger partial charge in [0, 0.05) is 12.6 Å². The highest BCUT2D eigenvalue weighted by Crippen LogP contribution is 2.32. The van der Waals surface area contributed by atoms with Crippen LogP contribution in [-0.4, -0.2) is 50.1 Å². The predicted octanol–water partition coefficient (Wildman–Crippen LogP) is 2.30. The van der Waals surface area contributed by atoms with Gasteiger partial charge in [0.15, 0.2) is 0 Å². The molecule has 0 aromatic heterocycles. The summed E-state index contributed by atoms with van der Waals surface area (Å²) in [5, 5.41) is 9.40. The quantitative estimate of drug-likeness (QED) is 0.739. The van der Waals surface area contributed by atoms with Crippen molar-refractivity contribution >= 4 is 27.6 Å². The smallest absolute Gasteiger partial charge is 0.337 e. The molecule has 1 aliphatic rings. The Balaban J connectivity index is 2.36. The summed E-state index contributed by atoms with van der Waals surface area (Å²) in [5.74, 6) is -0.280. The Labute approximate surface area is 147 Å². The molecule has 2 rings (SSSR count). The fourth-order valence-electron chi connectivity index (χ4n) is 2.62. The Morgan fingerprint density at radius 2 is 2.12 bits per heavy atom. The number of carbonyl (C=O) groups is 1.